The monoisotopic (exact) mass is 355 g/mol. The number of piperazine rings is 1. The standard InChI is InChI=1S/C20H19F2N3O/c21-16-7-5-15(6-8-16)19-13-23-20(26-19)14-24-9-11-25(12-10-24)18-4-2-1-3-17(18)22/h1-8,13H,9-12,14H2. The Bertz CT molecular complexity index is 871. The summed E-state index contributed by atoms with van der Waals surface area (Å²) in [5.41, 5.74) is 1.45. The van der Waals surface area contributed by atoms with Crippen LogP contribution < -0.4 is 4.90 Å². The molecule has 4 rings (SSSR count). The molecule has 1 aliphatic rings. The van der Waals surface area contributed by atoms with Gasteiger partial charge >= 0.3 is 0 Å². The van der Waals surface area contributed by atoms with Crippen LogP contribution in [0.1, 0.15) is 5.89 Å². The second-order valence-electron chi connectivity index (χ2n) is 6.34. The molecular weight excluding hydrogens is 336 g/mol. The van der Waals surface area contributed by atoms with Gasteiger partial charge in [-0.05, 0) is 36.4 Å². The molecule has 2 aromatic carbocycles. The second kappa shape index (κ2) is 7.25. The van der Waals surface area contributed by atoms with Crippen molar-refractivity contribution in [3.63, 3.8) is 0 Å². The molecule has 0 atom stereocenters. The molecule has 1 saturated heterocycles. The third-order valence-corrected chi connectivity index (χ3v) is 4.61. The lowest BCUT2D eigenvalue weighted by Gasteiger charge is -2.35. The average molecular weight is 355 g/mol. The van der Waals surface area contributed by atoms with E-state index < -0.39 is 0 Å². The van der Waals surface area contributed by atoms with Gasteiger partial charge in [0.25, 0.3) is 0 Å². The highest BCUT2D eigenvalue weighted by Gasteiger charge is 2.20. The number of aromatic nitrogens is 1. The molecule has 2 heterocycles. The Balaban J connectivity index is 1.36. The van der Waals surface area contributed by atoms with Crippen molar-refractivity contribution >= 4 is 5.69 Å². The van der Waals surface area contributed by atoms with Crippen LogP contribution in [0.25, 0.3) is 11.3 Å². The van der Waals surface area contributed by atoms with Gasteiger partial charge in [-0.3, -0.25) is 4.90 Å². The van der Waals surface area contributed by atoms with E-state index in [1.54, 1.807) is 24.4 Å². The third-order valence-electron chi connectivity index (χ3n) is 4.61. The van der Waals surface area contributed by atoms with Gasteiger partial charge in [-0.15, -0.1) is 0 Å². The average Bonchev–Trinajstić information content (AvgIpc) is 3.12. The summed E-state index contributed by atoms with van der Waals surface area (Å²) in [4.78, 5) is 8.62. The minimum absolute atomic E-state index is 0.183. The van der Waals surface area contributed by atoms with Gasteiger partial charge in [-0.25, -0.2) is 13.8 Å². The number of halogens is 2. The molecule has 6 heteroatoms. The van der Waals surface area contributed by atoms with Crippen molar-refractivity contribution in [2.75, 3.05) is 31.1 Å². The Morgan fingerprint density at radius 2 is 1.65 bits per heavy atom. The van der Waals surface area contributed by atoms with Crippen LogP contribution in [0.15, 0.2) is 59.1 Å². The molecule has 4 nitrogen and oxygen atoms in total. The number of para-hydroxylation sites is 1. The number of rotatable bonds is 4. The molecule has 0 unspecified atom stereocenters. The lowest BCUT2D eigenvalue weighted by atomic mass is 10.2. The highest BCUT2D eigenvalue weighted by atomic mass is 19.1. The largest absolute Gasteiger partial charge is 0.439 e. The highest BCUT2D eigenvalue weighted by Crippen LogP contribution is 2.23. The van der Waals surface area contributed by atoms with Crippen LogP contribution >= 0.6 is 0 Å². The molecule has 0 saturated carbocycles. The van der Waals surface area contributed by atoms with Gasteiger partial charge in [-0.2, -0.15) is 0 Å². The summed E-state index contributed by atoms with van der Waals surface area (Å²) in [7, 11) is 0. The van der Waals surface area contributed by atoms with Crippen molar-refractivity contribution in [1.82, 2.24) is 9.88 Å². The van der Waals surface area contributed by atoms with Gasteiger partial charge in [0.15, 0.2) is 5.76 Å². The summed E-state index contributed by atoms with van der Waals surface area (Å²) in [6, 6.07) is 13.0. The third kappa shape index (κ3) is 3.60. The highest BCUT2D eigenvalue weighted by molar-refractivity contribution is 5.55. The van der Waals surface area contributed by atoms with E-state index in [9.17, 15) is 8.78 Å². The summed E-state index contributed by atoms with van der Waals surface area (Å²) in [6.07, 6.45) is 1.66. The van der Waals surface area contributed by atoms with Crippen LogP contribution in [0.3, 0.4) is 0 Å². The van der Waals surface area contributed by atoms with Gasteiger partial charge in [-0.1, -0.05) is 12.1 Å². The summed E-state index contributed by atoms with van der Waals surface area (Å²) in [5.74, 6) is 0.799. The Morgan fingerprint density at radius 3 is 2.38 bits per heavy atom. The van der Waals surface area contributed by atoms with E-state index in [1.807, 2.05) is 12.1 Å². The van der Waals surface area contributed by atoms with Crippen LogP contribution in [0.5, 0.6) is 0 Å². The maximum absolute atomic E-state index is 13.9. The van der Waals surface area contributed by atoms with Crippen LogP contribution in [-0.4, -0.2) is 36.1 Å². The molecule has 26 heavy (non-hydrogen) atoms. The van der Waals surface area contributed by atoms with Crippen LogP contribution in [0, 0.1) is 11.6 Å². The predicted molar refractivity (Wildman–Crippen MR) is 95.8 cm³/mol. The molecule has 1 fully saturated rings. The Morgan fingerprint density at radius 1 is 0.923 bits per heavy atom. The number of hydrogen-bond acceptors (Lipinski definition) is 4. The van der Waals surface area contributed by atoms with Gasteiger partial charge in [0, 0.05) is 31.7 Å². The predicted octanol–water partition coefficient (Wildman–Crippen LogP) is 3.94. The zero-order valence-corrected chi connectivity index (χ0v) is 14.2. The van der Waals surface area contributed by atoms with Crippen LogP contribution in [0.2, 0.25) is 0 Å². The van der Waals surface area contributed by atoms with Crippen molar-refractivity contribution in [2.45, 2.75) is 6.54 Å². The Kier molecular flexibility index (Phi) is 4.67. The summed E-state index contributed by atoms with van der Waals surface area (Å²) in [5, 5.41) is 0. The van der Waals surface area contributed by atoms with Crippen LogP contribution in [0.4, 0.5) is 14.5 Å². The first-order chi connectivity index (χ1) is 12.7. The van der Waals surface area contributed by atoms with Gasteiger partial charge in [0.2, 0.25) is 5.89 Å². The van der Waals surface area contributed by atoms with E-state index in [-0.39, 0.29) is 11.6 Å². The molecule has 0 N–H and O–H groups in total. The molecule has 1 aromatic heterocycles. The molecule has 0 bridgehead atoms. The van der Waals surface area contributed by atoms with Crippen molar-refractivity contribution in [1.29, 1.82) is 0 Å². The number of nitrogens with zero attached hydrogens (tertiary/aromatic N) is 3. The minimum atomic E-state index is -0.277. The topological polar surface area (TPSA) is 32.5 Å². The summed E-state index contributed by atoms with van der Waals surface area (Å²) in [6.45, 7) is 3.73. The fourth-order valence-corrected chi connectivity index (χ4v) is 3.18. The second-order valence-corrected chi connectivity index (χ2v) is 6.34. The van der Waals surface area contributed by atoms with E-state index in [2.05, 4.69) is 14.8 Å². The van der Waals surface area contributed by atoms with Crippen molar-refractivity contribution in [2.24, 2.45) is 0 Å². The Labute approximate surface area is 150 Å². The lowest BCUT2D eigenvalue weighted by molar-refractivity contribution is 0.226. The van der Waals surface area contributed by atoms with E-state index in [4.69, 9.17) is 4.42 Å². The molecule has 0 aliphatic carbocycles. The fourth-order valence-electron chi connectivity index (χ4n) is 3.18. The van der Waals surface area contributed by atoms with E-state index in [0.29, 0.717) is 23.9 Å². The van der Waals surface area contributed by atoms with Crippen molar-refractivity contribution < 1.29 is 13.2 Å². The molecule has 0 amide bonds. The van der Waals surface area contributed by atoms with E-state index >= 15 is 0 Å². The maximum Gasteiger partial charge on any atom is 0.209 e. The molecule has 134 valence electrons. The van der Waals surface area contributed by atoms with E-state index in [1.165, 1.54) is 18.2 Å². The Hall–Kier alpha value is -2.73. The number of oxazole rings is 1. The van der Waals surface area contributed by atoms with Gasteiger partial charge in [0.05, 0.1) is 18.4 Å². The fraction of sp³-hybridized carbons (Fsp3) is 0.250. The van der Waals surface area contributed by atoms with E-state index in [0.717, 1.165) is 31.7 Å². The molecular formula is C20H19F2N3O. The molecule has 1 aliphatic heterocycles. The van der Waals surface area contributed by atoms with Crippen LogP contribution in [-0.2, 0) is 6.54 Å². The van der Waals surface area contributed by atoms with Gasteiger partial charge in [0.1, 0.15) is 11.6 Å². The van der Waals surface area contributed by atoms with Crippen molar-refractivity contribution in [3.05, 3.63) is 72.3 Å². The molecule has 0 radical (unpaired) electrons. The number of hydrogen-bond donors (Lipinski definition) is 0. The first-order valence-corrected chi connectivity index (χ1v) is 8.61. The normalized spacial score (nSPS) is 15.4. The number of benzene rings is 2. The number of anilines is 1. The molecule has 3 aromatic rings. The minimum Gasteiger partial charge on any atom is -0.439 e. The zero-order valence-electron chi connectivity index (χ0n) is 14.2. The zero-order chi connectivity index (χ0) is 17.9. The first kappa shape index (κ1) is 16.7. The van der Waals surface area contributed by atoms with Gasteiger partial charge < -0.3 is 9.32 Å². The smallest absolute Gasteiger partial charge is 0.209 e. The lowest BCUT2D eigenvalue weighted by Crippen LogP contribution is -2.46. The summed E-state index contributed by atoms with van der Waals surface area (Å²) >= 11 is 0. The first-order valence-electron chi connectivity index (χ1n) is 8.61. The van der Waals surface area contributed by atoms with Crippen molar-refractivity contribution in [3.8, 4) is 11.3 Å². The summed E-state index contributed by atoms with van der Waals surface area (Å²) < 4.78 is 32.7. The quantitative estimate of drug-likeness (QED) is 0.710. The molecule has 0 spiro atoms. The maximum atomic E-state index is 13.9. The SMILES string of the molecule is Fc1ccc(-c2cnc(CN3CCN(c4ccccc4F)CC3)o2)cc1.